The van der Waals surface area contributed by atoms with E-state index >= 15 is 0 Å². The lowest BCUT2D eigenvalue weighted by Crippen LogP contribution is -2.43. The molecule has 0 aliphatic carbocycles. The van der Waals surface area contributed by atoms with Crippen LogP contribution in [-0.2, 0) is 4.79 Å². The first-order chi connectivity index (χ1) is 11.7. The Bertz CT molecular complexity index is 704. The molecule has 24 heavy (non-hydrogen) atoms. The van der Waals surface area contributed by atoms with Crippen LogP contribution in [-0.4, -0.2) is 40.0 Å². The van der Waals surface area contributed by atoms with E-state index in [0.29, 0.717) is 13.1 Å². The minimum atomic E-state index is -0.506. The normalized spacial score (nSPS) is 17.9. The quantitative estimate of drug-likeness (QED) is 0.810. The number of hydrogen-bond donors (Lipinski definition) is 0. The zero-order valence-electron chi connectivity index (χ0n) is 13.1. The number of carbonyl (C=O) groups is 1. The van der Waals surface area contributed by atoms with Gasteiger partial charge in [0.25, 0.3) is 0 Å². The molecule has 2 heterocycles. The van der Waals surface area contributed by atoms with Gasteiger partial charge in [0.15, 0.2) is 5.82 Å². The Morgan fingerprint density at radius 3 is 2.75 bits per heavy atom. The van der Waals surface area contributed by atoms with Gasteiger partial charge in [0, 0.05) is 12.6 Å². The number of ether oxygens (including phenoxy) is 1. The van der Waals surface area contributed by atoms with Crippen molar-refractivity contribution in [3.8, 4) is 6.01 Å². The van der Waals surface area contributed by atoms with E-state index in [1.807, 2.05) is 30.3 Å². The second kappa shape index (κ2) is 7.68. The van der Waals surface area contributed by atoms with Gasteiger partial charge in [0.2, 0.25) is 5.91 Å². The fraction of sp³-hybridized carbons (Fsp3) is 0.278. The summed E-state index contributed by atoms with van der Waals surface area (Å²) in [6.45, 7) is 1.17. The molecule has 0 spiro atoms. The second-order valence-corrected chi connectivity index (χ2v) is 5.59. The van der Waals surface area contributed by atoms with Gasteiger partial charge in [0.05, 0.1) is 18.9 Å². The van der Waals surface area contributed by atoms with Crippen molar-refractivity contribution in [2.24, 2.45) is 0 Å². The van der Waals surface area contributed by atoms with Crippen LogP contribution >= 0.6 is 0 Å². The maximum Gasteiger partial charge on any atom is 0.316 e. The van der Waals surface area contributed by atoms with E-state index in [1.165, 1.54) is 0 Å². The zero-order valence-corrected chi connectivity index (χ0v) is 13.1. The number of piperidine rings is 1. The van der Waals surface area contributed by atoms with Crippen molar-refractivity contribution in [1.29, 1.82) is 0 Å². The first-order valence-corrected chi connectivity index (χ1v) is 7.87. The van der Waals surface area contributed by atoms with Crippen LogP contribution in [0.15, 0.2) is 48.8 Å². The Labute approximate surface area is 139 Å². The standard InChI is InChI=1S/C18H18FN3O2/c19-15-11-20-18(21-12-15)24-16-7-4-10-22(13-16)17(23)9-8-14-5-2-1-3-6-14/h1-3,5-6,8-9,11-12,16H,4,7,10,13H2. The molecule has 3 rings (SSSR count). The Kier molecular flexibility index (Phi) is 5.15. The average molecular weight is 327 g/mol. The van der Waals surface area contributed by atoms with Gasteiger partial charge in [-0.3, -0.25) is 4.79 Å². The highest BCUT2D eigenvalue weighted by Crippen LogP contribution is 2.16. The molecule has 0 saturated carbocycles. The second-order valence-electron chi connectivity index (χ2n) is 5.59. The predicted molar refractivity (Wildman–Crippen MR) is 87.7 cm³/mol. The Balaban J connectivity index is 1.57. The van der Waals surface area contributed by atoms with Gasteiger partial charge in [-0.1, -0.05) is 30.3 Å². The fourth-order valence-electron chi connectivity index (χ4n) is 2.58. The molecule has 1 saturated heterocycles. The van der Waals surface area contributed by atoms with Crippen molar-refractivity contribution in [2.75, 3.05) is 13.1 Å². The third-order valence-electron chi connectivity index (χ3n) is 3.78. The number of likely N-dealkylation sites (tertiary alicyclic amines) is 1. The predicted octanol–water partition coefficient (Wildman–Crippen LogP) is 2.70. The van der Waals surface area contributed by atoms with Crippen LogP contribution in [0.4, 0.5) is 4.39 Å². The summed E-state index contributed by atoms with van der Waals surface area (Å²) in [5.74, 6) is -0.555. The van der Waals surface area contributed by atoms with Crippen LogP contribution < -0.4 is 4.74 Å². The Morgan fingerprint density at radius 2 is 2.00 bits per heavy atom. The van der Waals surface area contributed by atoms with E-state index in [1.54, 1.807) is 17.1 Å². The molecule has 0 N–H and O–H groups in total. The summed E-state index contributed by atoms with van der Waals surface area (Å²) < 4.78 is 18.5. The summed E-state index contributed by atoms with van der Waals surface area (Å²) >= 11 is 0. The molecule has 1 fully saturated rings. The minimum Gasteiger partial charge on any atom is -0.458 e. The zero-order chi connectivity index (χ0) is 16.8. The molecule has 5 nitrogen and oxygen atoms in total. The number of amides is 1. The van der Waals surface area contributed by atoms with Crippen molar-refractivity contribution in [3.63, 3.8) is 0 Å². The monoisotopic (exact) mass is 327 g/mol. The summed E-state index contributed by atoms with van der Waals surface area (Å²) in [5.41, 5.74) is 0.982. The van der Waals surface area contributed by atoms with Crippen LogP contribution in [0.3, 0.4) is 0 Å². The first kappa shape index (κ1) is 16.1. The lowest BCUT2D eigenvalue weighted by molar-refractivity contribution is -0.128. The number of rotatable bonds is 4. The van der Waals surface area contributed by atoms with Crippen molar-refractivity contribution in [1.82, 2.24) is 14.9 Å². The number of carbonyl (C=O) groups excluding carboxylic acids is 1. The van der Waals surface area contributed by atoms with Gasteiger partial charge in [-0.05, 0) is 24.5 Å². The van der Waals surface area contributed by atoms with Crippen LogP contribution in [0.1, 0.15) is 18.4 Å². The lowest BCUT2D eigenvalue weighted by atomic mass is 10.1. The van der Waals surface area contributed by atoms with Gasteiger partial charge in [-0.2, -0.15) is 0 Å². The molecule has 124 valence electrons. The first-order valence-electron chi connectivity index (χ1n) is 7.87. The number of halogens is 1. The van der Waals surface area contributed by atoms with E-state index in [-0.39, 0.29) is 18.0 Å². The molecule has 2 aromatic rings. The largest absolute Gasteiger partial charge is 0.458 e. The molecular formula is C18H18FN3O2. The van der Waals surface area contributed by atoms with Gasteiger partial charge in [-0.15, -0.1) is 0 Å². The number of benzene rings is 1. The van der Waals surface area contributed by atoms with Crippen LogP contribution in [0, 0.1) is 5.82 Å². The summed E-state index contributed by atoms with van der Waals surface area (Å²) in [6, 6.07) is 9.81. The molecule has 1 atom stereocenters. The lowest BCUT2D eigenvalue weighted by Gasteiger charge is -2.31. The molecule has 1 aliphatic heterocycles. The summed E-state index contributed by atoms with van der Waals surface area (Å²) in [5, 5.41) is 0. The van der Waals surface area contributed by atoms with Gasteiger partial charge < -0.3 is 9.64 Å². The number of aromatic nitrogens is 2. The van der Waals surface area contributed by atoms with Gasteiger partial charge >= 0.3 is 6.01 Å². The van der Waals surface area contributed by atoms with Gasteiger partial charge in [0.1, 0.15) is 6.10 Å². The molecule has 6 heteroatoms. The average Bonchev–Trinajstić information content (AvgIpc) is 2.63. The SMILES string of the molecule is O=C(C=Cc1ccccc1)N1CCCC(Oc2ncc(F)cn2)C1. The highest BCUT2D eigenvalue weighted by atomic mass is 19.1. The highest BCUT2D eigenvalue weighted by molar-refractivity contribution is 5.91. The Morgan fingerprint density at radius 1 is 1.25 bits per heavy atom. The maximum atomic E-state index is 12.8. The van der Waals surface area contributed by atoms with Crippen LogP contribution in [0.2, 0.25) is 0 Å². The van der Waals surface area contributed by atoms with E-state index in [9.17, 15) is 9.18 Å². The van der Waals surface area contributed by atoms with E-state index in [2.05, 4.69) is 9.97 Å². The van der Waals surface area contributed by atoms with Crippen molar-refractivity contribution in [3.05, 3.63) is 60.2 Å². The van der Waals surface area contributed by atoms with Crippen molar-refractivity contribution < 1.29 is 13.9 Å². The Hall–Kier alpha value is -2.76. The van der Waals surface area contributed by atoms with Crippen molar-refractivity contribution >= 4 is 12.0 Å². The van der Waals surface area contributed by atoms with E-state index in [4.69, 9.17) is 4.74 Å². The summed E-state index contributed by atoms with van der Waals surface area (Å²) in [7, 11) is 0. The third-order valence-corrected chi connectivity index (χ3v) is 3.78. The number of nitrogens with zero attached hydrogens (tertiary/aromatic N) is 3. The molecular weight excluding hydrogens is 309 g/mol. The smallest absolute Gasteiger partial charge is 0.316 e. The van der Waals surface area contributed by atoms with Gasteiger partial charge in [-0.25, -0.2) is 14.4 Å². The van der Waals surface area contributed by atoms with Crippen molar-refractivity contribution in [2.45, 2.75) is 18.9 Å². The molecule has 1 aromatic heterocycles. The molecule has 1 amide bonds. The summed E-state index contributed by atoms with van der Waals surface area (Å²) in [4.78, 5) is 21.6. The highest BCUT2D eigenvalue weighted by Gasteiger charge is 2.24. The molecule has 0 radical (unpaired) electrons. The summed E-state index contributed by atoms with van der Waals surface area (Å²) in [6.07, 6.45) is 6.98. The molecule has 1 aliphatic rings. The van der Waals surface area contributed by atoms with E-state index in [0.717, 1.165) is 30.8 Å². The fourth-order valence-corrected chi connectivity index (χ4v) is 2.58. The topological polar surface area (TPSA) is 55.3 Å². The maximum absolute atomic E-state index is 12.8. The van der Waals surface area contributed by atoms with Crippen LogP contribution in [0.5, 0.6) is 6.01 Å². The number of hydrogen-bond acceptors (Lipinski definition) is 4. The van der Waals surface area contributed by atoms with E-state index < -0.39 is 5.82 Å². The third kappa shape index (κ3) is 4.38. The van der Waals surface area contributed by atoms with Crippen LogP contribution in [0.25, 0.3) is 6.08 Å². The molecule has 0 bridgehead atoms. The molecule has 1 unspecified atom stereocenters. The molecule has 1 aromatic carbocycles. The minimum absolute atomic E-state index is 0.0489.